The molecule has 5 bridgehead atoms. The summed E-state index contributed by atoms with van der Waals surface area (Å²) in [5.41, 5.74) is 2.68. The van der Waals surface area contributed by atoms with Gasteiger partial charge in [-0.2, -0.15) is 5.10 Å². The number of ether oxygens (including phenoxy) is 4. The molecule has 0 spiro atoms. The normalized spacial score (nSPS) is 30.1. The number of esters is 1. The highest BCUT2D eigenvalue weighted by atomic mass is 16.7. The number of amides is 1. The second-order valence-electron chi connectivity index (χ2n) is 16.0. The number of fused-ring (bicyclic) bond motifs is 14. The number of rotatable bonds is 5. The number of anilines is 1. The molecule has 316 valence electrons. The van der Waals surface area contributed by atoms with E-state index in [1.165, 1.54) is 59.4 Å². The van der Waals surface area contributed by atoms with Crippen LogP contribution in [0.1, 0.15) is 95.6 Å². The molecule has 58 heavy (non-hydrogen) atoms. The molecule has 0 aromatic heterocycles. The van der Waals surface area contributed by atoms with E-state index in [0.717, 1.165) is 25.7 Å². The Morgan fingerprint density at radius 3 is 2.28 bits per heavy atom. The van der Waals surface area contributed by atoms with E-state index in [1.807, 2.05) is 0 Å². The van der Waals surface area contributed by atoms with Gasteiger partial charge in [0.15, 0.2) is 5.75 Å². The molecule has 9 atom stereocenters. The Morgan fingerprint density at radius 1 is 0.966 bits per heavy atom. The Kier molecular flexibility index (Phi) is 13.5. The largest absolute Gasteiger partial charge is 0.507 e. The first-order chi connectivity index (χ1) is 27.3. The molecule has 2 aromatic rings. The Morgan fingerprint density at radius 2 is 1.64 bits per heavy atom. The summed E-state index contributed by atoms with van der Waals surface area (Å²) in [5, 5.41) is 64.6. The van der Waals surface area contributed by atoms with Crippen molar-refractivity contribution in [2.75, 3.05) is 12.4 Å². The van der Waals surface area contributed by atoms with Gasteiger partial charge in [0, 0.05) is 67.2 Å². The molecule has 1 fully saturated rings. The van der Waals surface area contributed by atoms with E-state index in [0.29, 0.717) is 0 Å². The molecule has 0 radical (unpaired) electrons. The summed E-state index contributed by atoms with van der Waals surface area (Å²) in [6, 6.07) is 0.0806. The molecular formula is C43H57N3O12. The van der Waals surface area contributed by atoms with E-state index in [-0.39, 0.29) is 50.5 Å². The molecule has 15 heteroatoms. The molecule has 3 aliphatic heterocycles. The summed E-state index contributed by atoms with van der Waals surface area (Å²) in [6.07, 6.45) is 8.64. The molecule has 2 aromatic carbocycles. The van der Waals surface area contributed by atoms with E-state index in [4.69, 9.17) is 18.9 Å². The molecule has 6 rings (SSSR count). The lowest BCUT2D eigenvalue weighted by Crippen LogP contribution is -2.46. The van der Waals surface area contributed by atoms with E-state index in [2.05, 4.69) is 15.8 Å². The average Bonchev–Trinajstić information content (AvgIpc) is 3.80. The number of hydrazone groups is 1. The zero-order chi connectivity index (χ0) is 42.8. The van der Waals surface area contributed by atoms with Crippen molar-refractivity contribution in [3.8, 4) is 23.0 Å². The van der Waals surface area contributed by atoms with Crippen LogP contribution in [0.3, 0.4) is 0 Å². The fourth-order valence-electron chi connectivity index (χ4n) is 8.13. The van der Waals surface area contributed by atoms with E-state index in [9.17, 15) is 39.9 Å². The fraction of sp³-hybridized carbons (Fsp3) is 0.535. The van der Waals surface area contributed by atoms with Gasteiger partial charge in [-0.05, 0) is 32.8 Å². The van der Waals surface area contributed by atoms with Gasteiger partial charge in [0.25, 0.3) is 11.7 Å². The average molecular weight is 808 g/mol. The van der Waals surface area contributed by atoms with Gasteiger partial charge in [-0.3, -0.25) is 14.4 Å². The summed E-state index contributed by atoms with van der Waals surface area (Å²) in [7, 11) is 1.44. The number of methoxy groups -OCH3 is 1. The van der Waals surface area contributed by atoms with Gasteiger partial charge in [0.2, 0.25) is 0 Å². The van der Waals surface area contributed by atoms with Crippen LogP contribution in [0.4, 0.5) is 5.69 Å². The second kappa shape index (κ2) is 17.8. The first-order valence-corrected chi connectivity index (χ1v) is 19.7. The Labute approximate surface area is 338 Å². The lowest BCUT2D eigenvalue weighted by Gasteiger charge is -2.38. The maximum Gasteiger partial charge on any atom is 0.312 e. The van der Waals surface area contributed by atoms with Gasteiger partial charge in [0.05, 0.1) is 53.0 Å². The predicted octanol–water partition coefficient (Wildman–Crippen LogP) is 5.62. The third kappa shape index (κ3) is 8.52. The zero-order valence-corrected chi connectivity index (χ0v) is 34.5. The quantitative estimate of drug-likeness (QED) is 0.0641. The van der Waals surface area contributed by atoms with Crippen LogP contribution in [0.5, 0.6) is 23.0 Å². The van der Waals surface area contributed by atoms with Crippen LogP contribution in [0, 0.1) is 30.6 Å². The number of hydrogen-bond acceptors (Lipinski definition) is 14. The van der Waals surface area contributed by atoms with Gasteiger partial charge >= 0.3 is 11.8 Å². The molecule has 3 heterocycles. The highest BCUT2D eigenvalue weighted by Gasteiger charge is 2.50. The van der Waals surface area contributed by atoms with Gasteiger partial charge in [-0.25, -0.2) is 0 Å². The van der Waals surface area contributed by atoms with Crippen molar-refractivity contribution in [3.63, 3.8) is 0 Å². The maximum absolute atomic E-state index is 14.4. The number of aliphatic hydroxyl groups is 2. The standard InChI is InChI=1S/C43H57N3O12/c1-20-13-12-14-21(2)42(54)45-33-28(19-44-46-27-15-10-11-16-27)37(51)30-31(38(33)52)36(50)25(6)40-32(30)41(53)43(8,58-40)56-18-17-29(55-9)22(3)39(57-26(7)47)24(5)35(49)23(4)34(20)48/h12-14,17-20,22-24,27,29,34-35,39,46,48-52H,10-11,15-16H2,1-9H3,(H,45,54)/b13-12?,18-17?,21-14?,44-19+. The van der Waals surface area contributed by atoms with Crippen molar-refractivity contribution < 1.29 is 58.9 Å². The van der Waals surface area contributed by atoms with Gasteiger partial charge in [-0.15, -0.1) is 0 Å². The monoisotopic (exact) mass is 807 g/mol. The van der Waals surface area contributed by atoms with E-state index < -0.39 is 88.8 Å². The number of aromatic hydroxyl groups is 3. The summed E-state index contributed by atoms with van der Waals surface area (Å²) in [5.74, 6) is -8.34. The van der Waals surface area contributed by atoms with Crippen molar-refractivity contribution in [1.29, 1.82) is 0 Å². The topological polar surface area (TPSA) is 226 Å². The van der Waals surface area contributed by atoms with Crippen LogP contribution in [-0.2, 0) is 23.8 Å². The maximum atomic E-state index is 14.4. The van der Waals surface area contributed by atoms with Gasteiger partial charge in [0.1, 0.15) is 23.4 Å². The lowest BCUT2D eigenvalue weighted by atomic mass is 9.78. The van der Waals surface area contributed by atoms with Crippen molar-refractivity contribution in [2.24, 2.45) is 28.8 Å². The third-order valence-electron chi connectivity index (χ3n) is 11.8. The highest BCUT2D eigenvalue weighted by Crippen LogP contribution is 2.55. The Balaban J connectivity index is 1.69. The summed E-state index contributed by atoms with van der Waals surface area (Å²) >= 11 is 0. The molecule has 1 aliphatic carbocycles. The smallest absolute Gasteiger partial charge is 0.312 e. The van der Waals surface area contributed by atoms with Crippen LogP contribution in [0.15, 0.2) is 41.2 Å². The molecule has 0 saturated heterocycles. The Hall–Kier alpha value is -5.12. The Bertz CT molecular complexity index is 2040. The molecule has 15 nitrogen and oxygen atoms in total. The number of aliphatic hydroxyl groups excluding tert-OH is 2. The van der Waals surface area contributed by atoms with Crippen molar-refractivity contribution >= 4 is 40.3 Å². The van der Waals surface area contributed by atoms with Crippen LogP contribution in [-0.4, -0.2) is 92.8 Å². The molecule has 1 saturated carbocycles. The summed E-state index contributed by atoms with van der Waals surface area (Å²) in [6.45, 7) is 12.5. The summed E-state index contributed by atoms with van der Waals surface area (Å²) < 4.78 is 23.6. The molecule has 4 aliphatic rings. The number of carbonyl (C=O) groups is 3. The minimum Gasteiger partial charge on any atom is -0.507 e. The molecule has 7 N–H and O–H groups in total. The van der Waals surface area contributed by atoms with Crippen LogP contribution in [0.2, 0.25) is 0 Å². The molecular weight excluding hydrogens is 750 g/mol. The minimum atomic E-state index is -2.04. The lowest BCUT2D eigenvalue weighted by molar-refractivity contribution is -0.160. The second-order valence-corrected chi connectivity index (χ2v) is 16.0. The number of nitrogens with one attached hydrogen (secondary N) is 2. The van der Waals surface area contributed by atoms with Crippen molar-refractivity contribution in [1.82, 2.24) is 5.43 Å². The van der Waals surface area contributed by atoms with Crippen molar-refractivity contribution in [2.45, 2.75) is 117 Å². The van der Waals surface area contributed by atoms with E-state index in [1.54, 1.807) is 39.8 Å². The first kappa shape index (κ1) is 44.0. The van der Waals surface area contributed by atoms with Gasteiger partial charge in [-0.1, -0.05) is 58.8 Å². The number of nitrogens with zero attached hydrogens (tertiary/aromatic N) is 1. The highest BCUT2D eigenvalue weighted by molar-refractivity contribution is 6.23. The van der Waals surface area contributed by atoms with Crippen molar-refractivity contribution in [3.05, 3.63) is 52.8 Å². The van der Waals surface area contributed by atoms with Crippen LogP contribution >= 0.6 is 0 Å². The van der Waals surface area contributed by atoms with E-state index >= 15 is 0 Å². The number of Topliss-reactive ketones (excluding diaryl/α,β-unsaturated/α-hetero) is 1. The molecule has 1 amide bonds. The third-order valence-corrected chi connectivity index (χ3v) is 11.8. The SMILES string of the molecule is COC1C=COC2(C)Oc3c(C)c(O)c4c(O)c(c(/C=N/NC5CCCC5)c(O)c4c3C2=O)NC(=O)C(C)=CC=CC(C)C(O)C(C)C(O)C(C)C(OC(C)=O)C1C. The number of phenolic OH excluding ortho intramolecular Hbond substituents is 3. The number of carbonyl (C=O) groups excluding carboxylic acids is 3. The minimum absolute atomic E-state index is 0.0564. The first-order valence-electron chi connectivity index (χ1n) is 19.7. The fourth-order valence-corrected chi connectivity index (χ4v) is 8.13. The number of hydrogen-bond donors (Lipinski definition) is 7. The zero-order valence-electron chi connectivity index (χ0n) is 34.5. The summed E-state index contributed by atoms with van der Waals surface area (Å²) in [4.78, 5) is 40.4. The molecule has 9 unspecified atom stereocenters. The van der Waals surface area contributed by atoms with Crippen LogP contribution < -0.4 is 15.5 Å². The predicted molar refractivity (Wildman–Crippen MR) is 217 cm³/mol. The van der Waals surface area contributed by atoms with Gasteiger partial charge < -0.3 is 55.2 Å². The number of benzene rings is 2. The number of allylic oxidation sites excluding steroid dienone is 2. The number of ketones is 1. The van der Waals surface area contributed by atoms with Crippen LogP contribution in [0.25, 0.3) is 10.8 Å². The number of phenols is 3.